The maximum atomic E-state index is 8.69. The van der Waals surface area contributed by atoms with E-state index in [2.05, 4.69) is 55.7 Å². The zero-order valence-corrected chi connectivity index (χ0v) is 14.5. The third kappa shape index (κ3) is 4.80. The van der Waals surface area contributed by atoms with Crippen LogP contribution < -0.4 is 10.6 Å². The largest absolute Gasteiger partial charge is 0.356 e. The molecule has 3 nitrogen and oxygen atoms in total. The average molecular weight is 323 g/mol. The van der Waals surface area contributed by atoms with Crippen LogP contribution in [0, 0.1) is 25.2 Å². The van der Waals surface area contributed by atoms with Crippen LogP contribution in [0.15, 0.2) is 42.5 Å². The van der Waals surface area contributed by atoms with Gasteiger partial charge in [0.1, 0.15) is 0 Å². The first-order chi connectivity index (χ1) is 11.0. The molecule has 0 fully saturated rings. The molecule has 2 aromatic carbocycles. The molecule has 2 aromatic rings. The van der Waals surface area contributed by atoms with E-state index in [1.165, 1.54) is 16.7 Å². The van der Waals surface area contributed by atoms with Gasteiger partial charge in [-0.3, -0.25) is 0 Å². The van der Waals surface area contributed by atoms with Gasteiger partial charge >= 0.3 is 0 Å². The summed E-state index contributed by atoms with van der Waals surface area (Å²) in [7, 11) is 0. The van der Waals surface area contributed by atoms with E-state index in [1.807, 2.05) is 24.3 Å². The van der Waals surface area contributed by atoms with Crippen molar-refractivity contribution in [3.63, 3.8) is 0 Å². The van der Waals surface area contributed by atoms with Gasteiger partial charge < -0.3 is 10.6 Å². The van der Waals surface area contributed by atoms with Crippen molar-refractivity contribution in [2.75, 3.05) is 5.32 Å². The monoisotopic (exact) mass is 323 g/mol. The normalized spacial score (nSPS) is 11.4. The van der Waals surface area contributed by atoms with Crippen molar-refractivity contribution in [2.45, 2.75) is 33.2 Å². The Labute approximate surface area is 143 Å². The van der Waals surface area contributed by atoms with E-state index in [0.717, 1.165) is 11.3 Å². The van der Waals surface area contributed by atoms with Crippen LogP contribution in [-0.2, 0) is 6.42 Å². The van der Waals surface area contributed by atoms with Crippen LogP contribution in [-0.4, -0.2) is 5.11 Å². The summed E-state index contributed by atoms with van der Waals surface area (Å²) in [5.74, 6) is 0. The molecule has 23 heavy (non-hydrogen) atoms. The first kappa shape index (κ1) is 17.0. The highest BCUT2D eigenvalue weighted by atomic mass is 32.1. The summed E-state index contributed by atoms with van der Waals surface area (Å²) >= 11 is 5.40. The number of nitriles is 1. The van der Waals surface area contributed by atoms with Crippen molar-refractivity contribution in [3.8, 4) is 6.07 Å². The Morgan fingerprint density at radius 3 is 2.52 bits per heavy atom. The summed E-state index contributed by atoms with van der Waals surface area (Å²) in [5.41, 5.74) is 5.65. The Morgan fingerprint density at radius 1 is 1.17 bits per heavy atom. The molecular weight excluding hydrogens is 302 g/mol. The molecule has 1 atom stereocenters. The predicted molar refractivity (Wildman–Crippen MR) is 99.4 cm³/mol. The standard InChI is InChI=1S/C19H21N3S/c1-13-4-5-14(2)18(12-13)15(3)21-19(23)22-17-8-6-16(7-9-17)10-11-20/h4-9,12,15H,10H2,1-3H3,(H2,21,22,23)/t15-/m1/s1. The lowest BCUT2D eigenvalue weighted by molar-refractivity contribution is 0.716. The molecule has 2 rings (SSSR count). The number of nitrogens with one attached hydrogen (secondary N) is 2. The van der Waals surface area contributed by atoms with Crippen LogP contribution in [0.5, 0.6) is 0 Å². The molecule has 0 bridgehead atoms. The summed E-state index contributed by atoms with van der Waals surface area (Å²) in [5, 5.41) is 15.8. The number of hydrogen-bond donors (Lipinski definition) is 2. The minimum Gasteiger partial charge on any atom is -0.356 e. The number of hydrogen-bond acceptors (Lipinski definition) is 2. The first-order valence-corrected chi connectivity index (χ1v) is 8.01. The number of rotatable bonds is 4. The topological polar surface area (TPSA) is 47.8 Å². The molecule has 2 N–H and O–H groups in total. The van der Waals surface area contributed by atoms with Gasteiger partial charge in [-0.15, -0.1) is 0 Å². The summed E-state index contributed by atoms with van der Waals surface area (Å²) in [6.07, 6.45) is 0.423. The van der Waals surface area contributed by atoms with E-state index >= 15 is 0 Å². The van der Waals surface area contributed by atoms with Crippen molar-refractivity contribution < 1.29 is 0 Å². The van der Waals surface area contributed by atoms with Crippen molar-refractivity contribution in [3.05, 3.63) is 64.7 Å². The van der Waals surface area contributed by atoms with E-state index in [9.17, 15) is 0 Å². The predicted octanol–water partition coefficient (Wildman–Crippen LogP) is 4.42. The first-order valence-electron chi connectivity index (χ1n) is 7.60. The van der Waals surface area contributed by atoms with E-state index in [0.29, 0.717) is 11.5 Å². The maximum absolute atomic E-state index is 8.69. The Kier molecular flexibility index (Phi) is 5.72. The minimum absolute atomic E-state index is 0.132. The third-order valence-corrected chi connectivity index (χ3v) is 3.96. The van der Waals surface area contributed by atoms with Gasteiger partial charge in [0.15, 0.2) is 5.11 Å². The Bertz CT molecular complexity index is 729. The smallest absolute Gasteiger partial charge is 0.171 e. The van der Waals surface area contributed by atoms with Gasteiger partial charge in [0.05, 0.1) is 18.5 Å². The van der Waals surface area contributed by atoms with Crippen LogP contribution in [0.3, 0.4) is 0 Å². The Morgan fingerprint density at radius 2 is 1.87 bits per heavy atom. The molecule has 0 unspecified atom stereocenters. The van der Waals surface area contributed by atoms with Crippen molar-refractivity contribution in [1.29, 1.82) is 5.26 Å². The SMILES string of the molecule is Cc1ccc(C)c([C@@H](C)NC(=S)Nc2ccc(CC#N)cc2)c1. The van der Waals surface area contributed by atoms with Gasteiger partial charge in [-0.05, 0) is 61.8 Å². The molecule has 118 valence electrons. The van der Waals surface area contributed by atoms with Gasteiger partial charge in [-0.25, -0.2) is 0 Å². The molecule has 0 aliphatic carbocycles. The number of benzene rings is 2. The molecule has 0 saturated carbocycles. The molecule has 4 heteroatoms. The molecule has 0 aliphatic rings. The minimum atomic E-state index is 0.132. The van der Waals surface area contributed by atoms with Gasteiger partial charge in [0, 0.05) is 5.69 Å². The molecule has 0 heterocycles. The summed E-state index contributed by atoms with van der Waals surface area (Å²) in [6, 6.07) is 16.4. The van der Waals surface area contributed by atoms with Crippen LogP contribution in [0.1, 0.15) is 35.2 Å². The molecule has 0 aromatic heterocycles. The Hall–Kier alpha value is -2.38. The van der Waals surface area contributed by atoms with E-state index in [4.69, 9.17) is 17.5 Å². The molecule has 0 saturated heterocycles. The van der Waals surface area contributed by atoms with E-state index in [1.54, 1.807) is 0 Å². The second-order valence-electron chi connectivity index (χ2n) is 5.71. The lowest BCUT2D eigenvalue weighted by Crippen LogP contribution is -2.31. The molecular formula is C19H21N3S. The molecule has 0 amide bonds. The van der Waals surface area contributed by atoms with Gasteiger partial charge in [-0.2, -0.15) is 5.26 Å². The summed E-state index contributed by atoms with van der Waals surface area (Å²) in [6.45, 7) is 6.30. The average Bonchev–Trinajstić information content (AvgIpc) is 2.51. The van der Waals surface area contributed by atoms with Gasteiger partial charge in [0.25, 0.3) is 0 Å². The highest BCUT2D eigenvalue weighted by molar-refractivity contribution is 7.80. The molecule has 0 spiro atoms. The number of aryl methyl sites for hydroxylation is 2. The van der Waals surface area contributed by atoms with E-state index < -0.39 is 0 Å². The molecule has 0 aliphatic heterocycles. The number of anilines is 1. The number of thiocarbonyl (C=S) groups is 1. The third-order valence-electron chi connectivity index (χ3n) is 3.74. The lowest BCUT2D eigenvalue weighted by Gasteiger charge is -2.19. The van der Waals surface area contributed by atoms with Crippen molar-refractivity contribution >= 4 is 23.0 Å². The fraction of sp³-hybridized carbons (Fsp3) is 0.263. The zero-order chi connectivity index (χ0) is 16.8. The van der Waals surface area contributed by atoms with E-state index in [-0.39, 0.29) is 6.04 Å². The van der Waals surface area contributed by atoms with Crippen molar-refractivity contribution in [2.24, 2.45) is 0 Å². The highest BCUT2D eigenvalue weighted by Gasteiger charge is 2.10. The van der Waals surface area contributed by atoms with Gasteiger partial charge in [-0.1, -0.05) is 35.9 Å². The van der Waals surface area contributed by atoms with Gasteiger partial charge in [0.2, 0.25) is 0 Å². The Balaban J connectivity index is 1.98. The maximum Gasteiger partial charge on any atom is 0.171 e. The quantitative estimate of drug-likeness (QED) is 0.818. The van der Waals surface area contributed by atoms with Crippen LogP contribution >= 0.6 is 12.2 Å². The second kappa shape index (κ2) is 7.75. The second-order valence-corrected chi connectivity index (χ2v) is 6.12. The van der Waals surface area contributed by atoms with Crippen molar-refractivity contribution in [1.82, 2.24) is 5.32 Å². The van der Waals surface area contributed by atoms with Crippen LogP contribution in [0.25, 0.3) is 0 Å². The summed E-state index contributed by atoms with van der Waals surface area (Å²) in [4.78, 5) is 0. The summed E-state index contributed by atoms with van der Waals surface area (Å²) < 4.78 is 0. The fourth-order valence-electron chi connectivity index (χ4n) is 2.47. The lowest BCUT2D eigenvalue weighted by atomic mass is 10.0. The number of nitrogens with zero attached hydrogens (tertiary/aromatic N) is 1. The highest BCUT2D eigenvalue weighted by Crippen LogP contribution is 2.19. The zero-order valence-electron chi connectivity index (χ0n) is 13.7. The van der Waals surface area contributed by atoms with Crippen LogP contribution in [0.4, 0.5) is 5.69 Å². The fourth-order valence-corrected chi connectivity index (χ4v) is 2.76. The van der Waals surface area contributed by atoms with Crippen LogP contribution in [0.2, 0.25) is 0 Å². The molecule has 0 radical (unpaired) electrons.